The van der Waals surface area contributed by atoms with E-state index in [1.165, 1.54) is 63.5 Å². The van der Waals surface area contributed by atoms with Crippen LogP contribution in [0, 0.1) is 0 Å². The van der Waals surface area contributed by atoms with E-state index in [-0.39, 0.29) is 0 Å². The molecule has 4 nitrogen and oxygen atoms in total. The molecular weight excluding hydrogens is 629 g/mol. The first kappa shape index (κ1) is 27.5. The molecule has 0 aliphatic carbocycles. The maximum absolute atomic E-state index is 5.16. The fourth-order valence-electron chi connectivity index (χ4n) is 7.78. The molecule has 4 aromatic heterocycles. The van der Waals surface area contributed by atoms with Gasteiger partial charge in [0.05, 0.1) is 16.6 Å². The SMILES string of the molecule is c1ccc2cc(-c3nc(-c4ccc(-n5c6ccccc6c6c7ccccc7c7sc8ccccc8c7c65)cc4)nc4cccnc34)ccc2c1. The van der Waals surface area contributed by atoms with Crippen molar-refractivity contribution < 1.29 is 0 Å². The number of thiophene rings is 1. The number of para-hydroxylation sites is 1. The van der Waals surface area contributed by atoms with Crippen LogP contribution in [0.1, 0.15) is 0 Å². The van der Waals surface area contributed by atoms with Crippen LogP contribution >= 0.6 is 11.3 Å². The van der Waals surface area contributed by atoms with Crippen molar-refractivity contribution in [3.63, 3.8) is 0 Å². The molecule has 5 heteroatoms. The second kappa shape index (κ2) is 10.5. The zero-order valence-electron chi connectivity index (χ0n) is 26.7. The molecule has 7 aromatic carbocycles. The molecule has 0 unspecified atom stereocenters. The van der Waals surface area contributed by atoms with Crippen molar-refractivity contribution in [2.75, 3.05) is 0 Å². The molecule has 0 radical (unpaired) electrons. The molecule has 0 amide bonds. The molecule has 50 heavy (non-hydrogen) atoms. The number of hydrogen-bond donors (Lipinski definition) is 0. The van der Waals surface area contributed by atoms with E-state index in [1.807, 2.05) is 29.7 Å². The highest BCUT2D eigenvalue weighted by atomic mass is 32.1. The van der Waals surface area contributed by atoms with Crippen LogP contribution in [0.5, 0.6) is 0 Å². The highest BCUT2D eigenvalue weighted by Crippen LogP contribution is 2.47. The molecule has 11 aromatic rings. The van der Waals surface area contributed by atoms with Crippen molar-refractivity contribution in [2.24, 2.45) is 0 Å². The summed E-state index contributed by atoms with van der Waals surface area (Å²) >= 11 is 1.89. The van der Waals surface area contributed by atoms with Gasteiger partial charge >= 0.3 is 0 Å². The fraction of sp³-hybridized carbons (Fsp3) is 0. The Morgan fingerprint density at radius 3 is 2.12 bits per heavy atom. The zero-order valence-corrected chi connectivity index (χ0v) is 27.5. The van der Waals surface area contributed by atoms with Crippen LogP contribution < -0.4 is 0 Å². The van der Waals surface area contributed by atoms with Crippen molar-refractivity contribution >= 4 is 85.9 Å². The molecule has 0 saturated carbocycles. The van der Waals surface area contributed by atoms with Crippen LogP contribution in [0.3, 0.4) is 0 Å². The first-order valence-corrected chi connectivity index (χ1v) is 17.6. The predicted molar refractivity (Wildman–Crippen MR) is 210 cm³/mol. The molecule has 0 aliphatic heterocycles. The standard InChI is InChI=1S/C45H26N4S/c1-2-11-29-26-30(20-19-27(29)10-1)41-42-36(16-9-25-46-42)47-45(48-41)28-21-23-31(24-22-28)49-37-17-7-5-14-34(37)39-32-12-3-4-13-33(32)44-40(43(39)49)35-15-6-8-18-38(35)50-44/h1-26H. The van der Waals surface area contributed by atoms with Gasteiger partial charge < -0.3 is 4.57 Å². The first-order valence-electron chi connectivity index (χ1n) is 16.8. The first-order chi connectivity index (χ1) is 24.8. The highest BCUT2D eigenvalue weighted by molar-refractivity contribution is 7.27. The van der Waals surface area contributed by atoms with Gasteiger partial charge in [0.15, 0.2) is 5.82 Å². The lowest BCUT2D eigenvalue weighted by Crippen LogP contribution is -1.98. The predicted octanol–water partition coefficient (Wildman–Crippen LogP) is 12.1. The Labute approximate surface area is 290 Å². The van der Waals surface area contributed by atoms with Gasteiger partial charge in [0, 0.05) is 59.3 Å². The molecular formula is C45H26N4S. The van der Waals surface area contributed by atoms with E-state index in [1.54, 1.807) is 0 Å². The highest BCUT2D eigenvalue weighted by Gasteiger charge is 2.22. The maximum Gasteiger partial charge on any atom is 0.160 e. The van der Waals surface area contributed by atoms with Crippen LogP contribution in [0.15, 0.2) is 158 Å². The number of nitrogens with zero attached hydrogens (tertiary/aromatic N) is 4. The summed E-state index contributed by atoms with van der Waals surface area (Å²) < 4.78 is 5.08. The third-order valence-corrected chi connectivity index (χ3v) is 11.2. The van der Waals surface area contributed by atoms with E-state index in [9.17, 15) is 0 Å². The lowest BCUT2D eigenvalue weighted by Gasteiger charge is -2.12. The number of hydrogen-bond acceptors (Lipinski definition) is 4. The third-order valence-electron chi connectivity index (χ3n) is 10.0. The Bertz CT molecular complexity index is 3150. The van der Waals surface area contributed by atoms with Gasteiger partial charge in [0.1, 0.15) is 11.2 Å². The van der Waals surface area contributed by atoms with Gasteiger partial charge in [0.25, 0.3) is 0 Å². The second-order valence-corrected chi connectivity index (χ2v) is 13.9. The molecule has 0 fully saturated rings. The molecule has 11 rings (SSSR count). The average molecular weight is 655 g/mol. The van der Waals surface area contributed by atoms with Crippen LogP contribution in [-0.4, -0.2) is 19.5 Å². The van der Waals surface area contributed by atoms with Crippen molar-refractivity contribution in [1.29, 1.82) is 0 Å². The molecule has 4 heterocycles. The molecule has 0 N–H and O–H groups in total. The molecule has 232 valence electrons. The second-order valence-electron chi connectivity index (χ2n) is 12.8. The fourth-order valence-corrected chi connectivity index (χ4v) is 9.02. The van der Waals surface area contributed by atoms with Crippen molar-refractivity contribution in [3.05, 3.63) is 158 Å². The quantitative estimate of drug-likeness (QED) is 0.190. The normalized spacial score (nSPS) is 12.0. The Kier molecular flexibility index (Phi) is 5.80. The molecule has 0 saturated heterocycles. The van der Waals surface area contributed by atoms with E-state index in [0.717, 1.165) is 33.5 Å². The lowest BCUT2D eigenvalue weighted by atomic mass is 10.00. The van der Waals surface area contributed by atoms with Gasteiger partial charge in [-0.25, -0.2) is 9.97 Å². The summed E-state index contributed by atoms with van der Waals surface area (Å²) in [6.45, 7) is 0. The van der Waals surface area contributed by atoms with Crippen LogP contribution in [-0.2, 0) is 0 Å². The minimum Gasteiger partial charge on any atom is -0.309 e. The van der Waals surface area contributed by atoms with Crippen molar-refractivity contribution in [2.45, 2.75) is 0 Å². The summed E-state index contributed by atoms with van der Waals surface area (Å²) in [4.78, 5) is 14.9. The number of benzene rings is 7. The molecule has 0 spiro atoms. The zero-order chi connectivity index (χ0) is 32.8. The number of rotatable bonds is 3. The summed E-state index contributed by atoms with van der Waals surface area (Å²) in [6, 6.07) is 54.1. The van der Waals surface area contributed by atoms with Gasteiger partial charge in [-0.15, -0.1) is 11.3 Å². The molecule has 0 atom stereocenters. The Balaban J connectivity index is 1.15. The minimum atomic E-state index is 0.680. The van der Waals surface area contributed by atoms with E-state index in [0.29, 0.717) is 5.82 Å². The van der Waals surface area contributed by atoms with Gasteiger partial charge in [-0.3, -0.25) is 4.98 Å². The Morgan fingerprint density at radius 2 is 1.24 bits per heavy atom. The van der Waals surface area contributed by atoms with Gasteiger partial charge in [0.2, 0.25) is 0 Å². The van der Waals surface area contributed by atoms with Gasteiger partial charge in [-0.2, -0.15) is 0 Å². The van der Waals surface area contributed by atoms with Crippen molar-refractivity contribution in [1.82, 2.24) is 19.5 Å². The smallest absolute Gasteiger partial charge is 0.160 e. The van der Waals surface area contributed by atoms with Crippen molar-refractivity contribution in [3.8, 4) is 28.3 Å². The van der Waals surface area contributed by atoms with Crippen LogP contribution in [0.2, 0.25) is 0 Å². The van der Waals surface area contributed by atoms with E-state index in [2.05, 4.69) is 144 Å². The summed E-state index contributed by atoms with van der Waals surface area (Å²) in [7, 11) is 0. The summed E-state index contributed by atoms with van der Waals surface area (Å²) in [5, 5.41) is 10.1. The average Bonchev–Trinajstić information content (AvgIpc) is 3.74. The summed E-state index contributed by atoms with van der Waals surface area (Å²) in [6.07, 6.45) is 1.81. The number of pyridine rings is 1. The van der Waals surface area contributed by atoms with E-state index < -0.39 is 0 Å². The number of fused-ring (bicyclic) bond motifs is 12. The van der Waals surface area contributed by atoms with Crippen LogP contribution in [0.4, 0.5) is 0 Å². The monoisotopic (exact) mass is 654 g/mol. The maximum atomic E-state index is 5.16. The van der Waals surface area contributed by atoms with Crippen LogP contribution in [0.25, 0.3) is 103 Å². The van der Waals surface area contributed by atoms with Gasteiger partial charge in [-0.05, 0) is 70.8 Å². The summed E-state index contributed by atoms with van der Waals surface area (Å²) in [5.41, 5.74) is 7.98. The minimum absolute atomic E-state index is 0.680. The Hall–Kier alpha value is -6.43. The van der Waals surface area contributed by atoms with E-state index in [4.69, 9.17) is 15.0 Å². The largest absolute Gasteiger partial charge is 0.309 e. The third kappa shape index (κ3) is 3.95. The van der Waals surface area contributed by atoms with Gasteiger partial charge in [-0.1, -0.05) is 97.1 Å². The lowest BCUT2D eigenvalue weighted by molar-refractivity contribution is 1.18. The summed E-state index contributed by atoms with van der Waals surface area (Å²) in [5.74, 6) is 0.680. The Morgan fingerprint density at radius 1 is 0.520 bits per heavy atom. The molecule has 0 bridgehead atoms. The topological polar surface area (TPSA) is 43.6 Å². The molecule has 0 aliphatic rings. The number of aromatic nitrogens is 4. The van der Waals surface area contributed by atoms with E-state index >= 15 is 0 Å².